The van der Waals surface area contributed by atoms with Crippen LogP contribution in [0.3, 0.4) is 0 Å². The maximum absolute atomic E-state index is 15.6. The fraction of sp³-hybridized carbons (Fsp3) is 0. The SMILES string of the molecule is FC1=Cc2cc3ccc(cc4nc(cc5c(-c6ccccc6)c(F)c(c(F)c1n2)n5F)C=C4)[nH]3.[Co]. The Morgan fingerprint density at radius 1 is 0.743 bits per heavy atom. The van der Waals surface area contributed by atoms with Crippen LogP contribution in [0.1, 0.15) is 22.8 Å². The van der Waals surface area contributed by atoms with Crippen molar-refractivity contribution >= 4 is 46.1 Å². The van der Waals surface area contributed by atoms with E-state index in [1.165, 1.54) is 12.1 Å². The first-order valence-electron chi connectivity index (χ1n) is 10.4. The zero-order valence-electron chi connectivity index (χ0n) is 17.7. The molecule has 1 N–H and O–H groups in total. The van der Waals surface area contributed by atoms with Crippen LogP contribution in [0.5, 0.6) is 0 Å². The summed E-state index contributed by atoms with van der Waals surface area (Å²) in [6, 6.07) is 16.3. The predicted molar refractivity (Wildman–Crippen MR) is 124 cm³/mol. The van der Waals surface area contributed by atoms with Crippen LogP contribution in [0, 0.1) is 11.6 Å². The van der Waals surface area contributed by atoms with Gasteiger partial charge in [-0.05, 0) is 48.0 Å². The van der Waals surface area contributed by atoms with Crippen molar-refractivity contribution in [3.63, 3.8) is 0 Å². The van der Waals surface area contributed by atoms with E-state index in [4.69, 9.17) is 0 Å². The molecule has 4 aromatic rings. The number of fused-ring (bicyclic) bond motifs is 8. The number of benzene rings is 1. The molecule has 175 valence electrons. The summed E-state index contributed by atoms with van der Waals surface area (Å²) in [5.74, 6) is -3.64. The van der Waals surface area contributed by atoms with Gasteiger partial charge in [-0.3, -0.25) is 0 Å². The van der Waals surface area contributed by atoms with E-state index in [2.05, 4.69) is 15.0 Å². The fourth-order valence-corrected chi connectivity index (χ4v) is 4.09. The van der Waals surface area contributed by atoms with Crippen LogP contribution in [0.4, 0.5) is 17.7 Å². The quantitative estimate of drug-likeness (QED) is 0.241. The first-order valence-corrected chi connectivity index (χ1v) is 10.4. The van der Waals surface area contributed by atoms with Crippen molar-refractivity contribution in [3.8, 4) is 11.1 Å². The molecule has 4 nitrogen and oxygen atoms in total. The molecule has 2 aliphatic rings. The van der Waals surface area contributed by atoms with Gasteiger partial charge in [-0.15, -0.1) is 0 Å². The van der Waals surface area contributed by atoms with Gasteiger partial charge in [0.25, 0.3) is 0 Å². The van der Waals surface area contributed by atoms with Crippen molar-refractivity contribution in [2.75, 3.05) is 0 Å². The minimum absolute atomic E-state index is 0. The van der Waals surface area contributed by atoms with Crippen molar-refractivity contribution in [1.29, 1.82) is 0 Å². The Morgan fingerprint density at radius 2 is 1.40 bits per heavy atom. The Kier molecular flexibility index (Phi) is 5.66. The van der Waals surface area contributed by atoms with Crippen molar-refractivity contribution < 1.29 is 34.4 Å². The second kappa shape index (κ2) is 8.68. The van der Waals surface area contributed by atoms with Gasteiger partial charge in [0.1, 0.15) is 11.2 Å². The van der Waals surface area contributed by atoms with Crippen LogP contribution in [-0.2, 0) is 16.8 Å². The zero-order chi connectivity index (χ0) is 23.4. The zero-order valence-corrected chi connectivity index (χ0v) is 18.7. The molecule has 35 heavy (non-hydrogen) atoms. The smallest absolute Gasteiger partial charge is 0.181 e. The summed E-state index contributed by atoms with van der Waals surface area (Å²) in [5.41, 5.74) is 0.439. The van der Waals surface area contributed by atoms with E-state index >= 15 is 13.3 Å². The molecule has 0 saturated heterocycles. The van der Waals surface area contributed by atoms with Gasteiger partial charge < -0.3 is 4.98 Å². The summed E-state index contributed by atoms with van der Waals surface area (Å²) in [6.45, 7) is 0. The molecular weight excluding hydrogens is 503 g/mol. The molecule has 0 aliphatic carbocycles. The standard InChI is InChI=1S/C26H14F4N4.Co/c27-20-12-19-11-17-7-6-15(31-17)10-16-8-9-18(32-16)13-21-22(14-4-2-1-3-5-14)23(28)26(34(21)30)24(29)25(20)33-19;/h1-13,31H;. The van der Waals surface area contributed by atoms with Crippen LogP contribution in [0.25, 0.3) is 57.2 Å². The van der Waals surface area contributed by atoms with E-state index in [-0.39, 0.29) is 38.3 Å². The minimum Gasteiger partial charge on any atom is -0.355 e. The van der Waals surface area contributed by atoms with Gasteiger partial charge in [0.05, 0.1) is 22.6 Å². The first-order chi connectivity index (χ1) is 16.5. The summed E-state index contributed by atoms with van der Waals surface area (Å²) < 4.78 is 61.3. The molecule has 5 heterocycles. The minimum atomic E-state index is -1.45. The van der Waals surface area contributed by atoms with Crippen LogP contribution in [0.15, 0.2) is 60.7 Å². The second-order valence-electron chi connectivity index (χ2n) is 7.86. The van der Waals surface area contributed by atoms with Crippen molar-refractivity contribution in [3.05, 3.63) is 95.1 Å². The Morgan fingerprint density at radius 3 is 2.11 bits per heavy atom. The van der Waals surface area contributed by atoms with Crippen molar-refractivity contribution in [1.82, 2.24) is 19.7 Å². The average molecular weight is 517 g/mol. The number of halogens is 4. The molecule has 0 unspecified atom stereocenters. The van der Waals surface area contributed by atoms with Crippen LogP contribution < -0.4 is 0 Å². The number of aromatic nitrogens is 4. The number of nitrogens with zero attached hydrogens (tertiary/aromatic N) is 3. The molecule has 8 bridgehead atoms. The predicted octanol–water partition coefficient (Wildman–Crippen LogP) is 7.10. The number of hydrogen-bond donors (Lipinski definition) is 1. The van der Waals surface area contributed by atoms with E-state index < -0.39 is 28.7 Å². The number of hydrogen-bond acceptors (Lipinski definition) is 2. The molecule has 0 fully saturated rings. The van der Waals surface area contributed by atoms with E-state index in [0.29, 0.717) is 22.5 Å². The largest absolute Gasteiger partial charge is 0.355 e. The number of rotatable bonds is 1. The van der Waals surface area contributed by atoms with Gasteiger partial charge in [0.2, 0.25) is 0 Å². The molecule has 0 saturated carbocycles. The van der Waals surface area contributed by atoms with E-state index in [0.717, 1.165) is 11.6 Å². The summed E-state index contributed by atoms with van der Waals surface area (Å²) in [6.07, 6.45) is 4.38. The van der Waals surface area contributed by atoms with E-state index in [1.54, 1.807) is 60.7 Å². The molecule has 0 amide bonds. The second-order valence-corrected chi connectivity index (χ2v) is 7.86. The van der Waals surface area contributed by atoms with Gasteiger partial charge in [0.15, 0.2) is 17.5 Å². The van der Waals surface area contributed by atoms with E-state index in [9.17, 15) is 4.39 Å². The maximum atomic E-state index is 15.6. The van der Waals surface area contributed by atoms with Crippen LogP contribution in [-0.4, -0.2) is 19.7 Å². The molecule has 1 aromatic carbocycles. The Hall–Kier alpha value is -3.95. The monoisotopic (exact) mass is 517 g/mol. The molecule has 2 aliphatic heterocycles. The summed E-state index contributed by atoms with van der Waals surface area (Å²) >= 11 is 0. The number of H-pyrrole nitrogens is 1. The number of nitrogens with one attached hydrogen (secondary N) is 1. The van der Waals surface area contributed by atoms with E-state index in [1.807, 2.05) is 0 Å². The molecule has 3 aromatic heterocycles. The van der Waals surface area contributed by atoms with Gasteiger partial charge in [-0.25, -0.2) is 23.1 Å². The maximum Gasteiger partial charge on any atom is 0.181 e. The third-order valence-corrected chi connectivity index (χ3v) is 5.62. The topological polar surface area (TPSA) is 46.5 Å². The first kappa shape index (κ1) is 22.8. The van der Waals surface area contributed by atoms with Gasteiger partial charge in [-0.2, -0.15) is 4.79 Å². The third-order valence-electron chi connectivity index (χ3n) is 5.62. The molecule has 6 rings (SSSR count). The summed E-state index contributed by atoms with van der Waals surface area (Å²) in [4.78, 5) is 11.4. The Labute approximate surface area is 206 Å². The van der Waals surface area contributed by atoms with Gasteiger partial charge in [0, 0.05) is 39.5 Å². The molecular formula is C26H14CoF4N4. The van der Waals surface area contributed by atoms with Crippen LogP contribution >= 0.6 is 0 Å². The molecule has 1 radical (unpaired) electrons. The third kappa shape index (κ3) is 3.88. The molecule has 0 atom stereocenters. The number of aromatic amines is 1. The van der Waals surface area contributed by atoms with Crippen LogP contribution in [0.2, 0.25) is 0 Å². The van der Waals surface area contributed by atoms with Crippen molar-refractivity contribution in [2.24, 2.45) is 0 Å². The normalized spacial score (nSPS) is 12.4. The van der Waals surface area contributed by atoms with Gasteiger partial charge >= 0.3 is 0 Å². The average Bonchev–Trinajstić information content (AvgIpc) is 3.58. The fourth-order valence-electron chi connectivity index (χ4n) is 4.09. The summed E-state index contributed by atoms with van der Waals surface area (Å²) in [7, 11) is 0. The Bertz CT molecular complexity index is 1700. The Balaban J connectivity index is 0.00000253. The molecule has 0 spiro atoms. The van der Waals surface area contributed by atoms with Crippen molar-refractivity contribution in [2.45, 2.75) is 0 Å². The van der Waals surface area contributed by atoms with Gasteiger partial charge in [-0.1, -0.05) is 34.8 Å². The summed E-state index contributed by atoms with van der Waals surface area (Å²) in [5, 5.41) is 0. The molecule has 9 heteroatoms.